The molecule has 0 unspecified atom stereocenters. The van der Waals surface area contributed by atoms with Gasteiger partial charge in [-0.15, -0.1) is 0 Å². The molecule has 6 rings (SSSR count). The van der Waals surface area contributed by atoms with Crippen LogP contribution in [-0.4, -0.2) is 36.0 Å². The second-order valence-corrected chi connectivity index (χ2v) is 9.47. The fraction of sp³-hybridized carbons (Fsp3) is 0.138. The minimum absolute atomic E-state index is 0.00542. The molecular weight excluding hydrogens is 462 g/mol. The number of carbonyl (C=O) groups excluding carboxylic acids is 1. The van der Waals surface area contributed by atoms with Gasteiger partial charge in [0.1, 0.15) is 11.2 Å². The number of rotatable bonds is 5. The molecular formula is C29H25N7O. The first-order chi connectivity index (χ1) is 18.0. The molecule has 0 atom stereocenters. The number of fused-ring (bicyclic) bond motifs is 2. The number of pyridine rings is 2. The van der Waals surface area contributed by atoms with E-state index in [0.717, 1.165) is 61.1 Å². The molecule has 6 aromatic rings. The zero-order chi connectivity index (χ0) is 25.5. The fourth-order valence-corrected chi connectivity index (χ4v) is 4.46. The van der Waals surface area contributed by atoms with E-state index in [9.17, 15) is 4.79 Å². The second-order valence-electron chi connectivity index (χ2n) is 9.47. The topological polar surface area (TPSA) is 112 Å². The van der Waals surface area contributed by atoms with Gasteiger partial charge in [0, 0.05) is 46.7 Å². The molecule has 0 aliphatic carbocycles. The van der Waals surface area contributed by atoms with Crippen molar-refractivity contribution in [3.05, 3.63) is 78.9 Å². The molecule has 0 fully saturated rings. The van der Waals surface area contributed by atoms with Crippen LogP contribution in [0.15, 0.2) is 73.3 Å². The van der Waals surface area contributed by atoms with E-state index >= 15 is 0 Å². The average Bonchev–Trinajstić information content (AvgIpc) is 3.52. The van der Waals surface area contributed by atoms with Crippen molar-refractivity contribution >= 4 is 33.5 Å². The Hall–Kier alpha value is -4.85. The van der Waals surface area contributed by atoms with Gasteiger partial charge in [-0.05, 0) is 53.9 Å². The number of benzene rings is 2. The lowest BCUT2D eigenvalue weighted by molar-refractivity contribution is -0.118. The van der Waals surface area contributed by atoms with Crippen LogP contribution in [-0.2, 0) is 4.79 Å². The number of carbonyl (C=O) groups is 1. The first-order valence-corrected chi connectivity index (χ1v) is 12.1. The molecule has 4 heterocycles. The minimum Gasteiger partial charge on any atom is -0.335 e. The van der Waals surface area contributed by atoms with Crippen LogP contribution in [0.3, 0.4) is 0 Å². The van der Waals surface area contributed by atoms with Crippen LogP contribution < -0.4 is 5.32 Å². The number of aromatic nitrogens is 6. The van der Waals surface area contributed by atoms with Crippen LogP contribution >= 0.6 is 0 Å². The van der Waals surface area contributed by atoms with E-state index in [0.29, 0.717) is 5.82 Å². The maximum Gasteiger partial charge on any atom is 0.226 e. The summed E-state index contributed by atoms with van der Waals surface area (Å²) in [7, 11) is 0. The zero-order valence-electron chi connectivity index (χ0n) is 20.7. The Morgan fingerprint density at radius 2 is 1.81 bits per heavy atom. The van der Waals surface area contributed by atoms with Gasteiger partial charge in [-0.2, -0.15) is 5.10 Å². The predicted octanol–water partition coefficient (Wildman–Crippen LogP) is 6.13. The van der Waals surface area contributed by atoms with Gasteiger partial charge in [0.25, 0.3) is 0 Å². The van der Waals surface area contributed by atoms with Gasteiger partial charge in [-0.25, -0.2) is 4.98 Å². The number of nitrogens with zero attached hydrogens (tertiary/aromatic N) is 4. The molecule has 2 aromatic carbocycles. The van der Waals surface area contributed by atoms with Crippen LogP contribution in [0.5, 0.6) is 0 Å². The number of H-pyrrole nitrogens is 2. The van der Waals surface area contributed by atoms with Crippen molar-refractivity contribution in [1.82, 2.24) is 30.1 Å². The van der Waals surface area contributed by atoms with Crippen LogP contribution in [0.2, 0.25) is 0 Å². The first-order valence-electron chi connectivity index (χ1n) is 12.1. The van der Waals surface area contributed by atoms with E-state index in [1.54, 1.807) is 24.8 Å². The quantitative estimate of drug-likeness (QED) is 0.271. The van der Waals surface area contributed by atoms with Crippen LogP contribution in [0, 0.1) is 12.8 Å². The summed E-state index contributed by atoms with van der Waals surface area (Å²) in [4.78, 5) is 29.2. The van der Waals surface area contributed by atoms with E-state index in [2.05, 4.69) is 48.7 Å². The van der Waals surface area contributed by atoms with E-state index in [1.165, 1.54) is 0 Å². The molecule has 8 heteroatoms. The number of anilines is 1. The summed E-state index contributed by atoms with van der Waals surface area (Å²) in [6.07, 6.45) is 7.13. The predicted molar refractivity (Wildman–Crippen MR) is 146 cm³/mol. The smallest absolute Gasteiger partial charge is 0.226 e. The molecule has 0 radical (unpaired) electrons. The number of aryl methyl sites for hydroxylation is 1. The van der Waals surface area contributed by atoms with E-state index in [1.807, 2.05) is 51.1 Å². The number of nitrogens with one attached hydrogen (secondary N) is 3. The van der Waals surface area contributed by atoms with Gasteiger partial charge in [0.15, 0.2) is 5.82 Å². The summed E-state index contributed by atoms with van der Waals surface area (Å²) >= 11 is 0. The Morgan fingerprint density at radius 1 is 0.919 bits per heavy atom. The third-order valence-electron chi connectivity index (χ3n) is 6.36. The van der Waals surface area contributed by atoms with Gasteiger partial charge in [-0.1, -0.05) is 32.0 Å². The van der Waals surface area contributed by atoms with Crippen molar-refractivity contribution in [3.8, 4) is 33.8 Å². The lowest BCUT2D eigenvalue weighted by atomic mass is 10.00. The van der Waals surface area contributed by atoms with Crippen LogP contribution in [0.25, 0.3) is 55.7 Å². The van der Waals surface area contributed by atoms with Crippen molar-refractivity contribution < 1.29 is 4.79 Å². The molecule has 1 amide bonds. The fourth-order valence-electron chi connectivity index (χ4n) is 4.46. The normalized spacial score (nSPS) is 11.5. The summed E-state index contributed by atoms with van der Waals surface area (Å²) in [5.41, 5.74) is 9.02. The highest BCUT2D eigenvalue weighted by Crippen LogP contribution is 2.33. The highest BCUT2D eigenvalue weighted by atomic mass is 16.1. The lowest BCUT2D eigenvalue weighted by Crippen LogP contribution is -2.17. The Morgan fingerprint density at radius 3 is 2.62 bits per heavy atom. The third-order valence-corrected chi connectivity index (χ3v) is 6.36. The number of hydrogen-bond acceptors (Lipinski definition) is 5. The third kappa shape index (κ3) is 4.23. The summed E-state index contributed by atoms with van der Waals surface area (Å²) in [5.74, 6) is 0.561. The lowest BCUT2D eigenvalue weighted by Gasteiger charge is -2.11. The van der Waals surface area contributed by atoms with Gasteiger partial charge in [0.2, 0.25) is 5.91 Å². The number of amides is 1. The van der Waals surface area contributed by atoms with Gasteiger partial charge >= 0.3 is 0 Å². The monoisotopic (exact) mass is 487 g/mol. The number of aromatic amines is 2. The molecule has 0 bridgehead atoms. The average molecular weight is 488 g/mol. The molecule has 37 heavy (non-hydrogen) atoms. The molecule has 0 saturated heterocycles. The second kappa shape index (κ2) is 8.98. The van der Waals surface area contributed by atoms with E-state index in [4.69, 9.17) is 4.98 Å². The van der Waals surface area contributed by atoms with Gasteiger partial charge in [-0.3, -0.25) is 19.9 Å². The zero-order valence-corrected chi connectivity index (χ0v) is 20.7. The Labute approximate surface area is 213 Å². The summed E-state index contributed by atoms with van der Waals surface area (Å²) < 4.78 is 0. The largest absolute Gasteiger partial charge is 0.335 e. The maximum atomic E-state index is 12.3. The Balaban J connectivity index is 1.43. The van der Waals surface area contributed by atoms with Gasteiger partial charge in [0.05, 0.1) is 17.2 Å². The SMILES string of the molecule is Cc1cc(NC(=O)C(C)C)cc(-c2ccc3[nH]nc(-c4nc5c(-c6cccnc6)cncc5[nH]4)c3c2)c1. The van der Waals surface area contributed by atoms with Crippen molar-refractivity contribution in [2.45, 2.75) is 20.8 Å². The molecule has 182 valence electrons. The minimum atomic E-state index is -0.0912. The summed E-state index contributed by atoms with van der Waals surface area (Å²) in [6.45, 7) is 5.79. The van der Waals surface area contributed by atoms with Crippen molar-refractivity contribution in [2.75, 3.05) is 5.32 Å². The number of hydrogen-bond donors (Lipinski definition) is 3. The van der Waals surface area contributed by atoms with Crippen LogP contribution in [0.1, 0.15) is 19.4 Å². The van der Waals surface area contributed by atoms with Gasteiger partial charge < -0.3 is 10.3 Å². The Kier molecular flexibility index (Phi) is 5.49. The molecule has 3 N–H and O–H groups in total. The first kappa shape index (κ1) is 22.6. The van der Waals surface area contributed by atoms with E-state index in [-0.39, 0.29) is 11.8 Å². The van der Waals surface area contributed by atoms with Crippen LogP contribution in [0.4, 0.5) is 5.69 Å². The van der Waals surface area contributed by atoms with Crippen molar-refractivity contribution in [3.63, 3.8) is 0 Å². The standard InChI is InChI=1S/C29H25N7O/c1-16(2)29(37)32-21-10-17(3)9-20(11-21)18-6-7-24-22(12-18)27(36-35-24)28-33-25-15-31-14-23(26(25)34-28)19-5-4-8-30-13-19/h4-16H,1-3H3,(H,32,37)(H,33,34)(H,35,36). The molecule has 0 saturated carbocycles. The molecule has 8 nitrogen and oxygen atoms in total. The molecule has 4 aromatic heterocycles. The maximum absolute atomic E-state index is 12.3. The number of imidazole rings is 1. The molecule has 0 aliphatic heterocycles. The molecule has 0 aliphatic rings. The van der Waals surface area contributed by atoms with E-state index < -0.39 is 0 Å². The summed E-state index contributed by atoms with van der Waals surface area (Å²) in [5, 5.41) is 11.7. The van der Waals surface area contributed by atoms with Crippen molar-refractivity contribution in [2.24, 2.45) is 5.92 Å². The highest BCUT2D eigenvalue weighted by molar-refractivity contribution is 5.98. The molecule has 0 spiro atoms. The van der Waals surface area contributed by atoms with Crippen molar-refractivity contribution in [1.29, 1.82) is 0 Å². The Bertz CT molecular complexity index is 1770. The highest BCUT2D eigenvalue weighted by Gasteiger charge is 2.17. The summed E-state index contributed by atoms with van der Waals surface area (Å²) in [6, 6.07) is 16.2.